The van der Waals surface area contributed by atoms with Crippen LogP contribution < -0.4 is 29.3 Å². The van der Waals surface area contributed by atoms with E-state index in [0.717, 1.165) is 22.5 Å². The van der Waals surface area contributed by atoms with Crippen LogP contribution >= 0.6 is 0 Å². The van der Waals surface area contributed by atoms with Gasteiger partial charge in [0.05, 0.1) is 5.56 Å². The summed E-state index contributed by atoms with van der Waals surface area (Å²) in [5, 5.41) is 3.00. The number of fused-ring (bicyclic) bond motifs is 5. The zero-order valence-corrected chi connectivity index (χ0v) is 20.2. The number of carbonyl (C=O) groups is 2. The lowest BCUT2D eigenvalue weighted by atomic mass is 9.77. The third-order valence-corrected chi connectivity index (χ3v) is 7.12. The maximum atomic E-state index is 14.0. The average molecular weight is 486 g/mol. The van der Waals surface area contributed by atoms with Crippen LogP contribution in [-0.4, -0.2) is 52.4 Å². The molecule has 0 aromatic heterocycles. The lowest BCUT2D eigenvalue weighted by Gasteiger charge is -2.23. The highest BCUT2D eigenvalue weighted by atomic mass is 16.7. The van der Waals surface area contributed by atoms with Crippen molar-refractivity contribution in [2.45, 2.75) is 11.8 Å². The van der Waals surface area contributed by atoms with E-state index in [2.05, 4.69) is 5.32 Å². The van der Waals surface area contributed by atoms with Gasteiger partial charge in [0.1, 0.15) is 17.8 Å². The van der Waals surface area contributed by atoms with Crippen molar-refractivity contribution >= 4 is 23.2 Å². The van der Waals surface area contributed by atoms with Crippen LogP contribution in [0.5, 0.6) is 17.2 Å². The summed E-state index contributed by atoms with van der Waals surface area (Å²) < 4.78 is 17.1. The van der Waals surface area contributed by atoms with Crippen LogP contribution in [0.15, 0.2) is 60.7 Å². The Balaban J connectivity index is 1.21. The van der Waals surface area contributed by atoms with Gasteiger partial charge in [0.15, 0.2) is 11.5 Å². The normalized spacial score (nSPS) is 18.7. The molecule has 3 aliphatic heterocycles. The summed E-state index contributed by atoms with van der Waals surface area (Å²) in [6.07, 6.45) is 0.612. The molecule has 184 valence electrons. The van der Waals surface area contributed by atoms with Crippen molar-refractivity contribution in [2.24, 2.45) is 0 Å². The number of benzene rings is 3. The molecule has 1 N–H and O–H groups in total. The van der Waals surface area contributed by atoms with Crippen molar-refractivity contribution in [1.82, 2.24) is 5.32 Å². The largest absolute Gasteiger partial charge is 0.491 e. The van der Waals surface area contributed by atoms with Gasteiger partial charge in [-0.15, -0.1) is 0 Å². The van der Waals surface area contributed by atoms with Gasteiger partial charge in [-0.25, -0.2) is 0 Å². The maximum Gasteiger partial charge on any atom is 0.253 e. The van der Waals surface area contributed by atoms with Gasteiger partial charge in [-0.05, 0) is 36.2 Å². The molecule has 1 spiro atoms. The first-order chi connectivity index (χ1) is 17.5. The highest BCUT2D eigenvalue weighted by Gasteiger charge is 2.57. The number of ether oxygens (including phenoxy) is 3. The van der Waals surface area contributed by atoms with E-state index in [-0.39, 0.29) is 25.2 Å². The third kappa shape index (κ3) is 3.28. The molecule has 0 saturated heterocycles. The van der Waals surface area contributed by atoms with E-state index in [4.69, 9.17) is 14.2 Å². The molecule has 6 rings (SSSR count). The van der Waals surface area contributed by atoms with E-state index in [1.165, 1.54) is 0 Å². The van der Waals surface area contributed by atoms with Gasteiger partial charge >= 0.3 is 0 Å². The number of para-hydroxylation sites is 2. The first kappa shape index (κ1) is 22.3. The van der Waals surface area contributed by atoms with Gasteiger partial charge in [0, 0.05) is 50.2 Å². The summed E-state index contributed by atoms with van der Waals surface area (Å²) in [4.78, 5) is 30.5. The molecule has 3 aromatic carbocycles. The van der Waals surface area contributed by atoms with Crippen LogP contribution in [0.25, 0.3) is 0 Å². The highest BCUT2D eigenvalue weighted by Crippen LogP contribution is 2.54. The topological polar surface area (TPSA) is 80.3 Å². The van der Waals surface area contributed by atoms with Crippen LogP contribution in [0.2, 0.25) is 0 Å². The standard InChI is InChI=1S/C28H27N3O5/c1-30(2)21-10-5-3-8-18(21)26(32)29-12-7-13-31-22-11-6-4-9-19(22)28(27(31)33)16-34-23-15-25-24(14-20(23)28)35-17-36-25/h3-6,8-11,14-15H,7,12-13,16-17H2,1-2H3,(H,29,32). The fourth-order valence-electron chi connectivity index (χ4n) is 5.38. The molecule has 3 aliphatic rings. The van der Waals surface area contributed by atoms with Gasteiger partial charge in [-0.1, -0.05) is 30.3 Å². The third-order valence-electron chi connectivity index (χ3n) is 7.12. The molecule has 0 saturated carbocycles. The smallest absolute Gasteiger partial charge is 0.253 e. The Bertz CT molecular complexity index is 1370. The number of hydrogen-bond acceptors (Lipinski definition) is 6. The average Bonchev–Trinajstić information content (AvgIpc) is 3.57. The molecular formula is C28H27N3O5. The van der Waals surface area contributed by atoms with Crippen molar-refractivity contribution in [2.75, 3.05) is 50.4 Å². The number of anilines is 2. The Hall–Kier alpha value is -4.20. The zero-order valence-electron chi connectivity index (χ0n) is 20.2. The number of nitrogens with one attached hydrogen (secondary N) is 1. The molecular weight excluding hydrogens is 458 g/mol. The number of amides is 2. The minimum Gasteiger partial charge on any atom is -0.491 e. The second-order valence-corrected chi connectivity index (χ2v) is 9.39. The molecule has 36 heavy (non-hydrogen) atoms. The monoisotopic (exact) mass is 485 g/mol. The lowest BCUT2D eigenvalue weighted by molar-refractivity contribution is -0.122. The Morgan fingerprint density at radius 3 is 2.56 bits per heavy atom. The van der Waals surface area contributed by atoms with Crippen molar-refractivity contribution in [3.63, 3.8) is 0 Å². The molecule has 0 bridgehead atoms. The minimum absolute atomic E-state index is 0.0226. The fourth-order valence-corrected chi connectivity index (χ4v) is 5.38. The summed E-state index contributed by atoms with van der Waals surface area (Å²) in [6.45, 7) is 1.32. The minimum atomic E-state index is -0.916. The molecule has 0 fully saturated rings. The molecule has 0 radical (unpaired) electrons. The SMILES string of the molecule is CN(C)c1ccccc1C(=O)NCCCN1C(=O)C2(COc3cc4c(cc32)OCO4)c2ccccc21. The first-order valence-electron chi connectivity index (χ1n) is 12.0. The van der Waals surface area contributed by atoms with E-state index in [1.807, 2.05) is 84.6 Å². The molecule has 3 heterocycles. The van der Waals surface area contributed by atoms with Crippen molar-refractivity contribution in [1.29, 1.82) is 0 Å². The van der Waals surface area contributed by atoms with Crippen molar-refractivity contribution < 1.29 is 23.8 Å². The number of carbonyl (C=O) groups excluding carboxylic acids is 2. The zero-order chi connectivity index (χ0) is 24.9. The van der Waals surface area contributed by atoms with Crippen molar-refractivity contribution in [3.8, 4) is 17.2 Å². The van der Waals surface area contributed by atoms with Gasteiger partial charge in [0.2, 0.25) is 12.7 Å². The number of nitrogens with zero attached hydrogens (tertiary/aromatic N) is 2. The van der Waals surface area contributed by atoms with Crippen LogP contribution in [-0.2, 0) is 10.2 Å². The Morgan fingerprint density at radius 1 is 0.972 bits per heavy atom. The molecule has 8 heteroatoms. The van der Waals surface area contributed by atoms with Gasteiger partial charge in [-0.2, -0.15) is 0 Å². The Morgan fingerprint density at radius 2 is 1.72 bits per heavy atom. The van der Waals surface area contributed by atoms with Crippen LogP contribution in [0, 0.1) is 0 Å². The Labute approximate surface area is 209 Å². The predicted molar refractivity (Wildman–Crippen MR) is 135 cm³/mol. The molecule has 1 atom stereocenters. The molecule has 0 aliphatic carbocycles. The second kappa shape index (κ2) is 8.48. The molecule has 3 aromatic rings. The number of rotatable bonds is 6. The summed E-state index contributed by atoms with van der Waals surface area (Å²) in [5.41, 5.74) is 3.18. The van der Waals surface area contributed by atoms with Gasteiger partial charge < -0.3 is 29.3 Å². The van der Waals surface area contributed by atoms with E-state index in [0.29, 0.717) is 42.3 Å². The van der Waals surface area contributed by atoms with Gasteiger partial charge in [-0.3, -0.25) is 9.59 Å². The van der Waals surface area contributed by atoms with Crippen LogP contribution in [0.3, 0.4) is 0 Å². The highest BCUT2D eigenvalue weighted by molar-refractivity contribution is 6.11. The van der Waals surface area contributed by atoms with Crippen molar-refractivity contribution in [3.05, 3.63) is 77.4 Å². The number of hydrogen-bond donors (Lipinski definition) is 1. The molecule has 8 nitrogen and oxygen atoms in total. The van der Waals surface area contributed by atoms with E-state index in [9.17, 15) is 9.59 Å². The summed E-state index contributed by atoms with van der Waals surface area (Å²) in [5.74, 6) is 1.76. The van der Waals surface area contributed by atoms with Crippen LogP contribution in [0.1, 0.15) is 27.9 Å². The quantitative estimate of drug-likeness (QED) is 0.540. The summed E-state index contributed by atoms with van der Waals surface area (Å²) in [7, 11) is 3.83. The maximum absolute atomic E-state index is 14.0. The summed E-state index contributed by atoms with van der Waals surface area (Å²) >= 11 is 0. The Kier molecular flexibility index (Phi) is 5.25. The van der Waals surface area contributed by atoms with E-state index < -0.39 is 5.41 Å². The fraction of sp³-hybridized carbons (Fsp3) is 0.286. The van der Waals surface area contributed by atoms with E-state index >= 15 is 0 Å². The van der Waals surface area contributed by atoms with Crippen LogP contribution in [0.4, 0.5) is 11.4 Å². The first-order valence-corrected chi connectivity index (χ1v) is 12.0. The second-order valence-electron chi connectivity index (χ2n) is 9.39. The molecule has 1 unspecified atom stereocenters. The predicted octanol–water partition coefficient (Wildman–Crippen LogP) is 3.33. The van der Waals surface area contributed by atoms with E-state index in [1.54, 1.807) is 0 Å². The molecule has 2 amide bonds. The lowest BCUT2D eigenvalue weighted by Crippen LogP contribution is -2.43. The van der Waals surface area contributed by atoms with Gasteiger partial charge in [0.25, 0.3) is 5.91 Å². The summed E-state index contributed by atoms with van der Waals surface area (Å²) in [6, 6.07) is 19.1.